The van der Waals surface area contributed by atoms with E-state index in [2.05, 4.69) is 16.2 Å². The Morgan fingerprint density at radius 2 is 1.61 bits per heavy atom. The fourth-order valence-electron chi connectivity index (χ4n) is 2.01. The van der Waals surface area contributed by atoms with Gasteiger partial charge in [-0.25, -0.2) is 10.2 Å². The minimum Gasteiger partial charge on any atom is -0.306 e. The number of urea groups is 1. The molecular weight excluding hydrogens is 337 g/mol. The maximum Gasteiger partial charge on any atom is 0.337 e. The average Bonchev–Trinajstić information content (AvgIpc) is 2.49. The third-order valence-electron chi connectivity index (χ3n) is 3.18. The van der Waals surface area contributed by atoms with E-state index < -0.39 is 11.9 Å². The van der Waals surface area contributed by atoms with Gasteiger partial charge in [0.15, 0.2) is 0 Å². The molecule has 5 nitrogen and oxygen atoms in total. The van der Waals surface area contributed by atoms with Crippen molar-refractivity contribution in [1.29, 1.82) is 0 Å². The topological polar surface area (TPSA) is 70.2 Å². The normalized spacial score (nSPS) is 10.1. The molecule has 0 aliphatic carbocycles. The molecule has 2 aromatic rings. The molecule has 0 heterocycles. The Kier molecular flexibility index (Phi) is 5.47. The molecule has 0 atom stereocenters. The van der Waals surface area contributed by atoms with E-state index in [4.69, 9.17) is 23.2 Å². The van der Waals surface area contributed by atoms with Crippen LogP contribution in [0.2, 0.25) is 10.0 Å². The van der Waals surface area contributed by atoms with Crippen LogP contribution in [0, 0.1) is 13.8 Å². The number of carbonyl (C=O) groups excluding carboxylic acids is 2. The molecule has 120 valence electrons. The molecule has 0 saturated heterocycles. The van der Waals surface area contributed by atoms with E-state index in [1.165, 1.54) is 12.1 Å². The molecule has 0 aliphatic rings. The first-order chi connectivity index (χ1) is 10.9. The molecule has 0 unspecified atom stereocenters. The molecule has 3 amide bonds. The second-order valence-electron chi connectivity index (χ2n) is 4.92. The standard InChI is InChI=1S/C16H15Cl2N3O2/c1-9-4-3-5-10(2)14(9)19-16(23)21-20-15(22)12-7-6-11(17)8-13(12)18/h3-8H,1-2H3,(H,20,22)(H2,19,21,23). The van der Waals surface area contributed by atoms with Crippen LogP contribution in [0.5, 0.6) is 0 Å². The number of nitrogens with one attached hydrogen (secondary N) is 3. The van der Waals surface area contributed by atoms with E-state index in [0.29, 0.717) is 10.7 Å². The second kappa shape index (κ2) is 7.35. The summed E-state index contributed by atoms with van der Waals surface area (Å²) in [6.07, 6.45) is 0. The highest BCUT2D eigenvalue weighted by molar-refractivity contribution is 6.36. The third kappa shape index (κ3) is 4.37. The van der Waals surface area contributed by atoms with Crippen molar-refractivity contribution < 1.29 is 9.59 Å². The van der Waals surface area contributed by atoms with Crippen LogP contribution in [-0.4, -0.2) is 11.9 Å². The molecule has 23 heavy (non-hydrogen) atoms. The zero-order valence-corrected chi connectivity index (χ0v) is 14.0. The first-order valence-electron chi connectivity index (χ1n) is 6.77. The summed E-state index contributed by atoms with van der Waals surface area (Å²) in [5, 5.41) is 3.31. The number of benzene rings is 2. The van der Waals surface area contributed by atoms with Gasteiger partial charge in [-0.2, -0.15) is 0 Å². The second-order valence-corrected chi connectivity index (χ2v) is 5.77. The lowest BCUT2D eigenvalue weighted by Gasteiger charge is -2.13. The van der Waals surface area contributed by atoms with E-state index in [9.17, 15) is 9.59 Å². The van der Waals surface area contributed by atoms with E-state index in [0.717, 1.165) is 11.1 Å². The van der Waals surface area contributed by atoms with E-state index in [-0.39, 0.29) is 10.6 Å². The van der Waals surface area contributed by atoms with Crippen molar-refractivity contribution >= 4 is 40.8 Å². The number of anilines is 1. The van der Waals surface area contributed by atoms with Gasteiger partial charge in [-0.05, 0) is 43.2 Å². The van der Waals surface area contributed by atoms with Gasteiger partial charge in [0, 0.05) is 10.7 Å². The molecular formula is C16H15Cl2N3O2. The van der Waals surface area contributed by atoms with Crippen LogP contribution in [0.25, 0.3) is 0 Å². The molecule has 0 bridgehead atoms. The highest BCUT2D eigenvalue weighted by Crippen LogP contribution is 2.21. The monoisotopic (exact) mass is 351 g/mol. The van der Waals surface area contributed by atoms with Crippen molar-refractivity contribution in [2.45, 2.75) is 13.8 Å². The van der Waals surface area contributed by atoms with Crippen LogP contribution < -0.4 is 16.2 Å². The summed E-state index contributed by atoms with van der Waals surface area (Å²) >= 11 is 11.7. The summed E-state index contributed by atoms with van der Waals surface area (Å²) in [5.41, 5.74) is 7.33. The van der Waals surface area contributed by atoms with Crippen molar-refractivity contribution in [3.8, 4) is 0 Å². The smallest absolute Gasteiger partial charge is 0.306 e. The molecule has 0 radical (unpaired) electrons. The Balaban J connectivity index is 1.98. The molecule has 2 aromatic carbocycles. The summed E-state index contributed by atoms with van der Waals surface area (Å²) in [7, 11) is 0. The SMILES string of the molecule is Cc1cccc(C)c1NC(=O)NNC(=O)c1ccc(Cl)cc1Cl. The van der Waals surface area contributed by atoms with Crippen LogP contribution in [0.3, 0.4) is 0 Å². The van der Waals surface area contributed by atoms with E-state index in [1.54, 1.807) is 6.07 Å². The summed E-state index contributed by atoms with van der Waals surface area (Å²) in [6, 6.07) is 9.58. The zero-order chi connectivity index (χ0) is 17.0. The molecule has 0 saturated carbocycles. The number of carbonyl (C=O) groups is 2. The number of para-hydroxylation sites is 1. The minimum atomic E-state index is -0.555. The lowest BCUT2D eigenvalue weighted by molar-refractivity contribution is 0.0938. The number of rotatable bonds is 2. The fourth-order valence-corrected chi connectivity index (χ4v) is 2.51. The fraction of sp³-hybridized carbons (Fsp3) is 0.125. The summed E-state index contributed by atoms with van der Waals surface area (Å²) in [5.74, 6) is -0.539. The Bertz CT molecular complexity index is 743. The maximum absolute atomic E-state index is 12.0. The number of hydrazine groups is 1. The Morgan fingerprint density at radius 3 is 2.22 bits per heavy atom. The number of hydrogen-bond acceptors (Lipinski definition) is 2. The molecule has 7 heteroatoms. The summed E-state index contributed by atoms with van der Waals surface area (Å²) in [4.78, 5) is 23.9. The largest absolute Gasteiger partial charge is 0.337 e. The van der Waals surface area contributed by atoms with Gasteiger partial charge in [0.2, 0.25) is 0 Å². The number of hydrogen-bond donors (Lipinski definition) is 3. The molecule has 0 fully saturated rings. The number of halogens is 2. The predicted molar refractivity (Wildman–Crippen MR) is 92.0 cm³/mol. The van der Waals surface area contributed by atoms with Gasteiger partial charge in [-0.15, -0.1) is 0 Å². The highest BCUT2D eigenvalue weighted by Gasteiger charge is 2.12. The van der Waals surface area contributed by atoms with Gasteiger partial charge in [-0.3, -0.25) is 10.2 Å². The number of amides is 3. The zero-order valence-electron chi connectivity index (χ0n) is 12.5. The average molecular weight is 352 g/mol. The van der Waals surface area contributed by atoms with Crippen LogP contribution in [0.15, 0.2) is 36.4 Å². The summed E-state index contributed by atoms with van der Waals surface area (Å²) < 4.78 is 0. The summed E-state index contributed by atoms with van der Waals surface area (Å²) in [6.45, 7) is 3.77. The van der Waals surface area contributed by atoms with Gasteiger partial charge < -0.3 is 5.32 Å². The predicted octanol–water partition coefficient (Wildman–Crippen LogP) is 4.08. The molecule has 0 spiro atoms. The van der Waals surface area contributed by atoms with Crippen LogP contribution in [0.4, 0.5) is 10.5 Å². The molecule has 0 aromatic heterocycles. The van der Waals surface area contributed by atoms with Crippen LogP contribution in [0.1, 0.15) is 21.5 Å². The highest BCUT2D eigenvalue weighted by atomic mass is 35.5. The quantitative estimate of drug-likeness (QED) is 0.713. The maximum atomic E-state index is 12.0. The van der Waals surface area contributed by atoms with Gasteiger partial charge in [0.05, 0.1) is 10.6 Å². The van der Waals surface area contributed by atoms with Crippen molar-refractivity contribution in [3.63, 3.8) is 0 Å². The first kappa shape index (κ1) is 17.1. The Labute approximate surface area is 143 Å². The Hall–Kier alpha value is -2.24. The van der Waals surface area contributed by atoms with E-state index in [1.807, 2.05) is 32.0 Å². The molecule has 0 aliphatic heterocycles. The van der Waals surface area contributed by atoms with Gasteiger partial charge in [0.25, 0.3) is 5.91 Å². The van der Waals surface area contributed by atoms with Crippen molar-refractivity contribution in [1.82, 2.24) is 10.9 Å². The van der Waals surface area contributed by atoms with Crippen molar-refractivity contribution in [2.75, 3.05) is 5.32 Å². The molecule has 2 rings (SSSR count). The lowest BCUT2D eigenvalue weighted by atomic mass is 10.1. The van der Waals surface area contributed by atoms with Gasteiger partial charge >= 0.3 is 6.03 Å². The number of aryl methyl sites for hydroxylation is 2. The Morgan fingerprint density at radius 1 is 0.957 bits per heavy atom. The van der Waals surface area contributed by atoms with Crippen LogP contribution >= 0.6 is 23.2 Å². The van der Waals surface area contributed by atoms with Gasteiger partial charge in [0.1, 0.15) is 0 Å². The van der Waals surface area contributed by atoms with Gasteiger partial charge in [-0.1, -0.05) is 41.4 Å². The van der Waals surface area contributed by atoms with Crippen LogP contribution in [-0.2, 0) is 0 Å². The van der Waals surface area contributed by atoms with E-state index >= 15 is 0 Å². The first-order valence-corrected chi connectivity index (χ1v) is 7.52. The van der Waals surface area contributed by atoms with Crippen molar-refractivity contribution in [2.24, 2.45) is 0 Å². The third-order valence-corrected chi connectivity index (χ3v) is 3.73. The van der Waals surface area contributed by atoms with Crippen molar-refractivity contribution in [3.05, 3.63) is 63.1 Å². The molecule has 3 N–H and O–H groups in total. The lowest BCUT2D eigenvalue weighted by Crippen LogP contribution is -2.44. The minimum absolute atomic E-state index is 0.201.